The summed E-state index contributed by atoms with van der Waals surface area (Å²) in [5.41, 5.74) is 4.20. The van der Waals surface area contributed by atoms with Gasteiger partial charge in [-0.3, -0.25) is 10.00 Å². The maximum atomic E-state index is 13.6. The van der Waals surface area contributed by atoms with Gasteiger partial charge in [-0.1, -0.05) is 42.5 Å². The number of halogens is 1. The highest BCUT2D eigenvalue weighted by Gasteiger charge is 2.33. The summed E-state index contributed by atoms with van der Waals surface area (Å²) >= 11 is 0. The number of nitrogens with one attached hydrogen (secondary N) is 1. The molecule has 1 aliphatic heterocycles. The Hall–Kier alpha value is -2.50. The number of aliphatic hydroxyl groups excluding tert-OH is 1. The quantitative estimate of drug-likeness (QED) is 0.563. The molecule has 30 heavy (non-hydrogen) atoms. The van der Waals surface area contributed by atoms with Crippen LogP contribution in [-0.2, 0) is 13.0 Å². The fourth-order valence-corrected chi connectivity index (χ4v) is 4.55. The van der Waals surface area contributed by atoms with Gasteiger partial charge in [0.25, 0.3) is 0 Å². The zero-order chi connectivity index (χ0) is 20.8. The van der Waals surface area contributed by atoms with Crippen LogP contribution in [0.3, 0.4) is 0 Å². The number of nitrogens with zero attached hydrogens (tertiary/aromatic N) is 2. The van der Waals surface area contributed by atoms with Crippen LogP contribution in [0, 0.1) is 11.2 Å². The van der Waals surface area contributed by atoms with Crippen molar-refractivity contribution in [1.82, 2.24) is 15.1 Å². The lowest BCUT2D eigenvalue weighted by Crippen LogP contribution is -2.41. The Kier molecular flexibility index (Phi) is 6.60. The predicted molar refractivity (Wildman–Crippen MR) is 117 cm³/mol. The van der Waals surface area contributed by atoms with Crippen LogP contribution in [0.5, 0.6) is 0 Å². The summed E-state index contributed by atoms with van der Waals surface area (Å²) in [6, 6.07) is 17.2. The van der Waals surface area contributed by atoms with Gasteiger partial charge in [0.1, 0.15) is 5.82 Å². The summed E-state index contributed by atoms with van der Waals surface area (Å²) < 4.78 is 13.6. The highest BCUT2D eigenvalue weighted by atomic mass is 19.1. The number of benzene rings is 2. The highest BCUT2D eigenvalue weighted by Crippen LogP contribution is 2.37. The zero-order valence-electron chi connectivity index (χ0n) is 17.4. The zero-order valence-corrected chi connectivity index (χ0v) is 17.4. The van der Waals surface area contributed by atoms with Crippen LogP contribution in [0.4, 0.5) is 4.39 Å². The maximum absolute atomic E-state index is 13.6. The minimum absolute atomic E-state index is 0.0348. The first-order valence-electron chi connectivity index (χ1n) is 10.8. The van der Waals surface area contributed by atoms with E-state index in [1.54, 1.807) is 6.07 Å². The van der Waals surface area contributed by atoms with Gasteiger partial charge in [-0.25, -0.2) is 4.39 Å². The first-order valence-corrected chi connectivity index (χ1v) is 10.8. The van der Waals surface area contributed by atoms with E-state index in [1.165, 1.54) is 17.7 Å². The van der Waals surface area contributed by atoms with Crippen molar-refractivity contribution in [3.05, 3.63) is 77.7 Å². The topological polar surface area (TPSA) is 52.1 Å². The molecule has 0 unspecified atom stereocenters. The number of rotatable bonds is 8. The highest BCUT2D eigenvalue weighted by molar-refractivity contribution is 5.62. The number of aromatic nitrogens is 2. The summed E-state index contributed by atoms with van der Waals surface area (Å²) in [5, 5.41) is 17.4. The van der Waals surface area contributed by atoms with E-state index in [0.717, 1.165) is 68.6 Å². The van der Waals surface area contributed by atoms with E-state index in [-0.39, 0.29) is 17.8 Å². The predicted octanol–water partition coefficient (Wildman–Crippen LogP) is 4.81. The van der Waals surface area contributed by atoms with Crippen molar-refractivity contribution >= 4 is 0 Å². The number of hydrogen-bond donors (Lipinski definition) is 2. The van der Waals surface area contributed by atoms with E-state index in [0.29, 0.717) is 0 Å². The number of H-pyrrole nitrogens is 1. The van der Waals surface area contributed by atoms with Crippen LogP contribution in [-0.4, -0.2) is 39.9 Å². The van der Waals surface area contributed by atoms with Gasteiger partial charge in [-0.05, 0) is 68.3 Å². The van der Waals surface area contributed by atoms with Crippen LogP contribution in [0.25, 0.3) is 11.3 Å². The third-order valence-electron chi connectivity index (χ3n) is 6.49. The largest absolute Gasteiger partial charge is 0.396 e. The average molecular weight is 408 g/mol. The van der Waals surface area contributed by atoms with Crippen molar-refractivity contribution in [1.29, 1.82) is 0 Å². The molecule has 4 nitrogen and oxygen atoms in total. The summed E-state index contributed by atoms with van der Waals surface area (Å²) in [7, 11) is 0. The molecule has 1 fully saturated rings. The van der Waals surface area contributed by atoms with Crippen LogP contribution in [0.1, 0.15) is 36.8 Å². The Morgan fingerprint density at radius 2 is 1.87 bits per heavy atom. The molecule has 1 saturated heterocycles. The summed E-state index contributed by atoms with van der Waals surface area (Å²) in [4.78, 5) is 2.42. The van der Waals surface area contributed by atoms with Crippen molar-refractivity contribution in [2.24, 2.45) is 5.41 Å². The molecule has 0 saturated carbocycles. The van der Waals surface area contributed by atoms with E-state index in [4.69, 9.17) is 0 Å². The molecule has 1 aliphatic rings. The van der Waals surface area contributed by atoms with Gasteiger partial charge in [-0.2, -0.15) is 5.10 Å². The third-order valence-corrected chi connectivity index (χ3v) is 6.49. The van der Waals surface area contributed by atoms with Crippen LogP contribution < -0.4 is 0 Å². The number of aliphatic hydroxyl groups is 1. The lowest BCUT2D eigenvalue weighted by Gasteiger charge is -2.41. The monoisotopic (exact) mass is 407 g/mol. The van der Waals surface area contributed by atoms with Crippen molar-refractivity contribution in [3.63, 3.8) is 0 Å². The van der Waals surface area contributed by atoms with Crippen molar-refractivity contribution < 1.29 is 9.50 Å². The fourth-order valence-electron chi connectivity index (χ4n) is 4.55. The molecule has 2 heterocycles. The number of hydrogen-bond acceptors (Lipinski definition) is 3. The van der Waals surface area contributed by atoms with Gasteiger partial charge in [-0.15, -0.1) is 0 Å². The molecular weight excluding hydrogens is 377 g/mol. The second-order valence-electron chi connectivity index (χ2n) is 8.55. The summed E-state index contributed by atoms with van der Waals surface area (Å²) in [6.45, 7) is 2.96. The molecule has 158 valence electrons. The number of aryl methyl sites for hydroxylation is 1. The lowest BCUT2D eigenvalue weighted by molar-refractivity contribution is 0.0330. The molecule has 1 aromatic heterocycles. The fraction of sp³-hybridized carbons (Fsp3) is 0.400. The second kappa shape index (κ2) is 9.54. The first-order chi connectivity index (χ1) is 14.7. The van der Waals surface area contributed by atoms with E-state index in [9.17, 15) is 9.50 Å². The SMILES string of the molecule is OCC1(CCCc2ccccc2)CCN(Cc2cn[nH]c2-c2cccc(F)c2)CC1. The Labute approximate surface area is 177 Å². The molecule has 0 radical (unpaired) electrons. The molecule has 0 bridgehead atoms. The first kappa shape index (κ1) is 20.8. The van der Waals surface area contributed by atoms with Gasteiger partial charge >= 0.3 is 0 Å². The minimum Gasteiger partial charge on any atom is -0.396 e. The molecule has 4 rings (SSSR count). The average Bonchev–Trinajstić information content (AvgIpc) is 3.24. The Balaban J connectivity index is 1.32. The van der Waals surface area contributed by atoms with Crippen LogP contribution in [0.15, 0.2) is 60.8 Å². The van der Waals surface area contributed by atoms with Gasteiger partial charge in [0.2, 0.25) is 0 Å². The smallest absolute Gasteiger partial charge is 0.123 e. The standard InChI is InChI=1S/C25H30FN3O/c26-23-10-4-9-21(16-23)24-22(17-27-28-24)18-29-14-12-25(19-30,13-15-29)11-5-8-20-6-2-1-3-7-20/h1-4,6-7,9-10,16-17,30H,5,8,11-15,18-19H2,(H,27,28). The maximum Gasteiger partial charge on any atom is 0.123 e. The third kappa shape index (κ3) is 4.97. The van der Waals surface area contributed by atoms with Gasteiger partial charge in [0, 0.05) is 24.3 Å². The Morgan fingerprint density at radius 1 is 1.07 bits per heavy atom. The molecule has 2 aromatic carbocycles. The van der Waals surface area contributed by atoms with Crippen LogP contribution in [0.2, 0.25) is 0 Å². The molecule has 3 aromatic rings. The number of likely N-dealkylation sites (tertiary alicyclic amines) is 1. The van der Waals surface area contributed by atoms with Gasteiger partial charge in [0.15, 0.2) is 0 Å². The Bertz CT molecular complexity index is 932. The van der Waals surface area contributed by atoms with E-state index in [2.05, 4.69) is 39.4 Å². The van der Waals surface area contributed by atoms with E-state index in [1.807, 2.05) is 18.3 Å². The summed E-state index contributed by atoms with van der Waals surface area (Å²) in [5.74, 6) is -0.241. The molecule has 0 spiro atoms. The van der Waals surface area contributed by atoms with E-state index < -0.39 is 0 Å². The molecule has 0 aliphatic carbocycles. The van der Waals surface area contributed by atoms with Crippen molar-refractivity contribution in [2.45, 2.75) is 38.6 Å². The van der Waals surface area contributed by atoms with Gasteiger partial charge in [0.05, 0.1) is 11.9 Å². The second-order valence-corrected chi connectivity index (χ2v) is 8.55. The van der Waals surface area contributed by atoms with E-state index >= 15 is 0 Å². The number of aromatic amines is 1. The Morgan fingerprint density at radius 3 is 2.60 bits per heavy atom. The normalized spacial score (nSPS) is 16.6. The minimum atomic E-state index is -0.241. The molecular formula is C25H30FN3O. The summed E-state index contributed by atoms with van der Waals surface area (Å²) in [6.07, 6.45) is 7.09. The molecule has 0 atom stereocenters. The van der Waals surface area contributed by atoms with Gasteiger partial charge < -0.3 is 5.11 Å². The molecule has 2 N–H and O–H groups in total. The molecule has 0 amide bonds. The van der Waals surface area contributed by atoms with Crippen molar-refractivity contribution in [2.75, 3.05) is 19.7 Å². The van der Waals surface area contributed by atoms with Crippen molar-refractivity contribution in [3.8, 4) is 11.3 Å². The number of piperidine rings is 1. The molecule has 5 heteroatoms. The lowest BCUT2D eigenvalue weighted by atomic mass is 9.75. The van der Waals surface area contributed by atoms with Crippen LogP contribution >= 0.6 is 0 Å².